The maximum Gasteiger partial charge on any atom is 0.125 e. The van der Waals surface area contributed by atoms with Crippen molar-refractivity contribution in [3.63, 3.8) is 0 Å². The number of fused-ring (bicyclic) bond motifs is 1. The van der Waals surface area contributed by atoms with Crippen molar-refractivity contribution in [3.05, 3.63) is 28.3 Å². The molecule has 0 saturated heterocycles. The van der Waals surface area contributed by atoms with Crippen molar-refractivity contribution in [1.29, 1.82) is 0 Å². The summed E-state index contributed by atoms with van der Waals surface area (Å²) in [6, 6.07) is 4.66. The van der Waals surface area contributed by atoms with Gasteiger partial charge in [0.1, 0.15) is 5.75 Å². The highest BCUT2D eigenvalue weighted by Gasteiger charge is 2.24. The second kappa shape index (κ2) is 6.36. The fourth-order valence-corrected chi connectivity index (χ4v) is 3.04. The maximum absolute atomic E-state index is 6.24. The average molecular weight is 296 g/mol. The van der Waals surface area contributed by atoms with Gasteiger partial charge in [0.2, 0.25) is 0 Å². The van der Waals surface area contributed by atoms with Crippen molar-refractivity contribution >= 4 is 11.6 Å². The van der Waals surface area contributed by atoms with E-state index in [9.17, 15) is 0 Å². The van der Waals surface area contributed by atoms with Crippen LogP contribution >= 0.6 is 11.6 Å². The number of benzene rings is 1. The molecular weight excluding hydrogens is 270 g/mol. The van der Waals surface area contributed by atoms with Crippen LogP contribution in [-0.4, -0.2) is 19.2 Å². The van der Waals surface area contributed by atoms with Crippen LogP contribution in [-0.2, 0) is 12.8 Å². The molecule has 112 valence electrons. The summed E-state index contributed by atoms with van der Waals surface area (Å²) in [7, 11) is 0. The lowest BCUT2D eigenvalue weighted by Gasteiger charge is -2.26. The maximum atomic E-state index is 6.24. The zero-order chi connectivity index (χ0) is 14.8. The van der Waals surface area contributed by atoms with Crippen LogP contribution in [0.15, 0.2) is 12.1 Å². The van der Waals surface area contributed by atoms with Crippen molar-refractivity contribution in [3.8, 4) is 5.75 Å². The fourth-order valence-electron chi connectivity index (χ4n) is 2.78. The molecule has 0 radical (unpaired) electrons. The molecule has 1 aromatic carbocycles. The third kappa shape index (κ3) is 4.13. The molecule has 1 aliphatic heterocycles. The van der Waals surface area contributed by atoms with Crippen molar-refractivity contribution in [2.75, 3.05) is 13.2 Å². The molecule has 0 bridgehead atoms. The summed E-state index contributed by atoms with van der Waals surface area (Å²) in [5.41, 5.74) is 2.77. The third-order valence-electron chi connectivity index (χ3n) is 3.85. The van der Waals surface area contributed by atoms with E-state index in [0.29, 0.717) is 6.04 Å². The van der Waals surface area contributed by atoms with Gasteiger partial charge in [0.25, 0.3) is 0 Å². The summed E-state index contributed by atoms with van der Waals surface area (Å²) in [6.45, 7) is 10.8. The first-order valence-electron chi connectivity index (χ1n) is 7.55. The van der Waals surface area contributed by atoms with Crippen LogP contribution in [0.5, 0.6) is 5.75 Å². The molecule has 0 aromatic heterocycles. The quantitative estimate of drug-likeness (QED) is 0.848. The van der Waals surface area contributed by atoms with Gasteiger partial charge in [-0.15, -0.1) is 0 Å². The van der Waals surface area contributed by atoms with Crippen LogP contribution in [0.2, 0.25) is 5.02 Å². The summed E-state index contributed by atoms with van der Waals surface area (Å²) in [4.78, 5) is 0. The van der Waals surface area contributed by atoms with Crippen LogP contribution < -0.4 is 10.1 Å². The molecule has 1 aromatic rings. The van der Waals surface area contributed by atoms with Gasteiger partial charge in [-0.2, -0.15) is 0 Å². The highest BCUT2D eigenvalue weighted by Crippen LogP contribution is 2.37. The number of nitrogens with one attached hydrogen (secondary N) is 1. The first-order valence-corrected chi connectivity index (χ1v) is 7.93. The Labute approximate surface area is 127 Å². The van der Waals surface area contributed by atoms with E-state index < -0.39 is 0 Å². The Kier molecular flexibility index (Phi) is 4.98. The molecular formula is C17H26ClNO. The van der Waals surface area contributed by atoms with Gasteiger partial charge in [-0.1, -0.05) is 39.3 Å². The van der Waals surface area contributed by atoms with Gasteiger partial charge in [-0.05, 0) is 48.1 Å². The molecule has 0 spiro atoms. The van der Waals surface area contributed by atoms with Gasteiger partial charge in [0.15, 0.2) is 0 Å². The van der Waals surface area contributed by atoms with Crippen molar-refractivity contribution in [2.24, 2.45) is 5.41 Å². The largest absolute Gasteiger partial charge is 0.493 e. The van der Waals surface area contributed by atoms with Crippen LogP contribution in [0.1, 0.15) is 45.2 Å². The van der Waals surface area contributed by atoms with Crippen molar-refractivity contribution in [2.45, 2.75) is 53.0 Å². The van der Waals surface area contributed by atoms with E-state index in [1.54, 1.807) is 0 Å². The summed E-state index contributed by atoms with van der Waals surface area (Å²) in [5.74, 6) is 1.08. The first-order chi connectivity index (χ1) is 9.37. The molecule has 0 saturated carbocycles. The Morgan fingerprint density at radius 2 is 2.10 bits per heavy atom. The van der Waals surface area contributed by atoms with Gasteiger partial charge in [-0.3, -0.25) is 0 Å². The Bertz CT molecular complexity index is 468. The highest BCUT2D eigenvalue weighted by molar-refractivity contribution is 6.30. The minimum absolute atomic E-state index is 0.242. The zero-order valence-electron chi connectivity index (χ0n) is 13.1. The molecule has 2 rings (SSSR count). The second-order valence-corrected chi connectivity index (χ2v) is 7.29. The lowest BCUT2D eigenvalue weighted by molar-refractivity contribution is 0.308. The van der Waals surface area contributed by atoms with E-state index in [1.165, 1.54) is 11.1 Å². The fraction of sp³-hybridized carbons (Fsp3) is 0.647. The van der Waals surface area contributed by atoms with Crippen molar-refractivity contribution < 1.29 is 4.74 Å². The molecule has 0 unspecified atom stereocenters. The summed E-state index contributed by atoms with van der Waals surface area (Å²) < 4.78 is 5.80. The van der Waals surface area contributed by atoms with Crippen LogP contribution in [0, 0.1) is 5.41 Å². The molecule has 0 fully saturated rings. The summed E-state index contributed by atoms with van der Waals surface area (Å²) in [5, 5.41) is 4.33. The molecule has 20 heavy (non-hydrogen) atoms. The average Bonchev–Trinajstić information content (AvgIpc) is 2.75. The van der Waals surface area contributed by atoms with Crippen LogP contribution in [0.3, 0.4) is 0 Å². The van der Waals surface area contributed by atoms with E-state index >= 15 is 0 Å². The zero-order valence-corrected chi connectivity index (χ0v) is 13.8. The Morgan fingerprint density at radius 3 is 2.80 bits per heavy atom. The lowest BCUT2D eigenvalue weighted by atomic mass is 9.82. The van der Waals surface area contributed by atoms with E-state index in [0.717, 1.165) is 43.2 Å². The Hall–Kier alpha value is -0.730. The minimum atomic E-state index is 0.242. The Balaban J connectivity index is 2.05. The topological polar surface area (TPSA) is 21.3 Å². The third-order valence-corrected chi connectivity index (χ3v) is 4.07. The molecule has 0 aliphatic carbocycles. The normalized spacial score (nSPS) is 14.5. The van der Waals surface area contributed by atoms with E-state index in [-0.39, 0.29) is 5.41 Å². The second-order valence-electron chi connectivity index (χ2n) is 6.85. The minimum Gasteiger partial charge on any atom is -0.493 e. The van der Waals surface area contributed by atoms with Crippen LogP contribution in [0.25, 0.3) is 0 Å². The van der Waals surface area contributed by atoms with E-state index in [4.69, 9.17) is 16.3 Å². The van der Waals surface area contributed by atoms with Gasteiger partial charge in [0, 0.05) is 17.5 Å². The number of hydrogen-bond acceptors (Lipinski definition) is 2. The number of rotatable bonds is 6. The monoisotopic (exact) mass is 295 g/mol. The standard InChI is InChI=1S/C17H26ClNO/c1-12(2)19-7-6-17(3,4)11-14-10-15(18)9-13-5-8-20-16(13)14/h9-10,12,19H,5-8,11H2,1-4H3. The number of halogens is 1. The molecule has 1 N–H and O–H groups in total. The van der Waals surface area contributed by atoms with Gasteiger partial charge in [0.05, 0.1) is 6.61 Å². The summed E-state index contributed by atoms with van der Waals surface area (Å²) in [6.07, 6.45) is 3.14. The number of ether oxygens (including phenoxy) is 1. The van der Waals surface area contributed by atoms with Crippen LogP contribution in [0.4, 0.5) is 0 Å². The van der Waals surface area contributed by atoms with E-state index in [1.807, 2.05) is 6.07 Å². The summed E-state index contributed by atoms with van der Waals surface area (Å²) >= 11 is 6.24. The first kappa shape index (κ1) is 15.7. The lowest BCUT2D eigenvalue weighted by Crippen LogP contribution is -2.28. The molecule has 0 amide bonds. The predicted molar refractivity (Wildman–Crippen MR) is 85.9 cm³/mol. The molecule has 2 nitrogen and oxygen atoms in total. The number of hydrogen-bond donors (Lipinski definition) is 1. The van der Waals surface area contributed by atoms with Gasteiger partial charge in [-0.25, -0.2) is 0 Å². The smallest absolute Gasteiger partial charge is 0.125 e. The van der Waals surface area contributed by atoms with Gasteiger partial charge >= 0.3 is 0 Å². The molecule has 1 aliphatic rings. The Morgan fingerprint density at radius 1 is 1.35 bits per heavy atom. The highest BCUT2D eigenvalue weighted by atomic mass is 35.5. The molecule has 0 atom stereocenters. The van der Waals surface area contributed by atoms with Gasteiger partial charge < -0.3 is 10.1 Å². The van der Waals surface area contributed by atoms with E-state index in [2.05, 4.69) is 39.1 Å². The molecule has 1 heterocycles. The SMILES string of the molecule is CC(C)NCCC(C)(C)Cc1cc(Cl)cc2c1OCC2. The van der Waals surface area contributed by atoms with Crippen molar-refractivity contribution in [1.82, 2.24) is 5.32 Å². The predicted octanol–water partition coefficient (Wildman–Crippen LogP) is 4.23. The molecule has 3 heteroatoms.